The van der Waals surface area contributed by atoms with Crippen molar-refractivity contribution in [2.75, 3.05) is 0 Å². The molecule has 2 rings (SSSR count). The highest BCUT2D eigenvalue weighted by Gasteiger charge is 1.99. The van der Waals surface area contributed by atoms with Gasteiger partial charge in [0, 0.05) is 22.9 Å². The van der Waals surface area contributed by atoms with Crippen LogP contribution < -0.4 is 0 Å². The lowest BCUT2D eigenvalue weighted by atomic mass is 10.2. The molecule has 0 spiro atoms. The summed E-state index contributed by atoms with van der Waals surface area (Å²) in [5.74, 6) is 1.23. The third kappa shape index (κ3) is 2.62. The Hall–Kier alpha value is -1.32. The van der Waals surface area contributed by atoms with Crippen molar-refractivity contribution in [3.63, 3.8) is 0 Å². The number of hydrogen-bond donors (Lipinski definition) is 0. The Balaban J connectivity index is 2.23. The normalized spacial score (nSPS) is 11.2. The van der Waals surface area contributed by atoms with Gasteiger partial charge in [0.1, 0.15) is 5.76 Å². The third-order valence-electron chi connectivity index (χ3n) is 1.91. The first kappa shape index (κ1) is 11.2. The van der Waals surface area contributed by atoms with Gasteiger partial charge in [-0.1, -0.05) is 34.4 Å². The van der Waals surface area contributed by atoms with Crippen LogP contribution in [0.25, 0.3) is 0 Å². The summed E-state index contributed by atoms with van der Waals surface area (Å²) in [6.45, 7) is 1.81. The van der Waals surface area contributed by atoms with Gasteiger partial charge in [-0.15, -0.1) is 0 Å². The topological polar surface area (TPSA) is 38.4 Å². The van der Waals surface area contributed by atoms with Crippen molar-refractivity contribution in [2.24, 2.45) is 4.99 Å². The molecule has 16 heavy (non-hydrogen) atoms. The smallest absolute Gasteiger partial charge is 0.195 e. The van der Waals surface area contributed by atoms with Gasteiger partial charge in [0.2, 0.25) is 0 Å². The summed E-state index contributed by atoms with van der Waals surface area (Å²) in [5, 5.41) is 4.88. The Morgan fingerprint density at radius 3 is 2.75 bits per heavy atom. The minimum Gasteiger partial charge on any atom is -0.359 e. The van der Waals surface area contributed by atoms with Crippen LogP contribution >= 0.6 is 23.2 Å². The molecule has 0 bridgehead atoms. The lowest BCUT2D eigenvalue weighted by Gasteiger charge is -1.96. The van der Waals surface area contributed by atoms with E-state index in [1.807, 2.05) is 0 Å². The molecule has 0 fully saturated rings. The molecule has 0 aliphatic carbocycles. The molecule has 0 unspecified atom stereocenters. The first-order valence-electron chi connectivity index (χ1n) is 4.57. The number of nitrogens with zero attached hydrogens (tertiary/aromatic N) is 2. The zero-order chi connectivity index (χ0) is 11.5. The number of benzene rings is 1. The summed E-state index contributed by atoms with van der Waals surface area (Å²) in [5.41, 5.74) is 0.784. The quantitative estimate of drug-likeness (QED) is 0.759. The van der Waals surface area contributed by atoms with E-state index < -0.39 is 0 Å². The van der Waals surface area contributed by atoms with Gasteiger partial charge in [-0.05, 0) is 19.1 Å². The molecule has 1 heterocycles. The number of aryl methyl sites for hydroxylation is 1. The van der Waals surface area contributed by atoms with Crippen molar-refractivity contribution < 1.29 is 4.52 Å². The molecule has 0 N–H and O–H groups in total. The summed E-state index contributed by atoms with van der Waals surface area (Å²) in [6.07, 6.45) is 1.62. The molecule has 0 radical (unpaired) electrons. The summed E-state index contributed by atoms with van der Waals surface area (Å²) in [6, 6.07) is 6.95. The highest BCUT2D eigenvalue weighted by atomic mass is 35.5. The summed E-state index contributed by atoms with van der Waals surface area (Å²) >= 11 is 11.8. The minimum absolute atomic E-state index is 0.517. The van der Waals surface area contributed by atoms with Crippen LogP contribution in [0.15, 0.2) is 33.8 Å². The molecular formula is C11H8Cl2N2O. The standard InChI is InChI=1S/C11H8Cl2N2O/c1-7-4-11(15-16-7)14-6-8-2-3-9(12)5-10(8)13/h2-6H,1H3. The molecule has 0 atom stereocenters. The van der Waals surface area contributed by atoms with E-state index in [2.05, 4.69) is 10.1 Å². The number of hydrogen-bond acceptors (Lipinski definition) is 3. The van der Waals surface area contributed by atoms with Gasteiger partial charge in [0.05, 0.1) is 5.02 Å². The fourth-order valence-corrected chi connectivity index (χ4v) is 1.61. The zero-order valence-corrected chi connectivity index (χ0v) is 9.96. The van der Waals surface area contributed by atoms with Gasteiger partial charge >= 0.3 is 0 Å². The van der Waals surface area contributed by atoms with Gasteiger partial charge in [-0.25, -0.2) is 4.99 Å². The average molecular weight is 255 g/mol. The van der Waals surface area contributed by atoms with E-state index in [9.17, 15) is 0 Å². The van der Waals surface area contributed by atoms with Crippen LogP contribution in [0.5, 0.6) is 0 Å². The second-order valence-corrected chi connectivity index (χ2v) is 4.06. The monoisotopic (exact) mass is 254 g/mol. The maximum atomic E-state index is 5.98. The van der Waals surface area contributed by atoms with Crippen LogP contribution in [-0.2, 0) is 0 Å². The van der Waals surface area contributed by atoms with Crippen LogP contribution in [0.1, 0.15) is 11.3 Å². The van der Waals surface area contributed by atoms with Gasteiger partial charge in [0.15, 0.2) is 5.82 Å². The third-order valence-corrected chi connectivity index (χ3v) is 2.48. The van der Waals surface area contributed by atoms with Crippen molar-refractivity contribution in [1.29, 1.82) is 0 Å². The van der Waals surface area contributed by atoms with Crippen molar-refractivity contribution in [2.45, 2.75) is 6.92 Å². The molecule has 0 saturated carbocycles. The summed E-state index contributed by atoms with van der Waals surface area (Å²) < 4.78 is 4.88. The van der Waals surface area contributed by atoms with Gasteiger partial charge in [0.25, 0.3) is 0 Å². The molecule has 0 amide bonds. The largest absolute Gasteiger partial charge is 0.359 e. The summed E-state index contributed by atoms with van der Waals surface area (Å²) in [7, 11) is 0. The molecule has 1 aromatic carbocycles. The maximum Gasteiger partial charge on any atom is 0.195 e. The molecule has 0 aliphatic rings. The summed E-state index contributed by atoms with van der Waals surface area (Å²) in [4.78, 5) is 4.13. The van der Waals surface area contributed by atoms with Crippen LogP contribution in [0.4, 0.5) is 5.82 Å². The Kier molecular flexibility index (Phi) is 3.27. The highest BCUT2D eigenvalue weighted by molar-refractivity contribution is 6.36. The van der Waals surface area contributed by atoms with Crippen molar-refractivity contribution >= 4 is 35.2 Å². The molecule has 1 aromatic heterocycles. The van der Waals surface area contributed by atoms with Crippen LogP contribution in [0.3, 0.4) is 0 Å². The molecule has 3 nitrogen and oxygen atoms in total. The average Bonchev–Trinajstić information content (AvgIpc) is 2.63. The predicted octanol–water partition coefficient (Wildman–Crippen LogP) is 4.04. The molecule has 0 aliphatic heterocycles. The lowest BCUT2D eigenvalue weighted by molar-refractivity contribution is 0.399. The second-order valence-electron chi connectivity index (χ2n) is 3.22. The number of halogens is 2. The molecule has 82 valence electrons. The molecule has 2 aromatic rings. The predicted molar refractivity (Wildman–Crippen MR) is 65.0 cm³/mol. The Labute approximate surface area is 103 Å². The first-order valence-corrected chi connectivity index (χ1v) is 5.33. The van der Waals surface area contributed by atoms with E-state index >= 15 is 0 Å². The second kappa shape index (κ2) is 4.68. The number of aromatic nitrogens is 1. The molecule has 0 saturated heterocycles. The lowest BCUT2D eigenvalue weighted by Crippen LogP contribution is -1.82. The van der Waals surface area contributed by atoms with Crippen molar-refractivity contribution in [3.05, 3.63) is 45.6 Å². The number of aliphatic imine (C=N–C) groups is 1. The van der Waals surface area contributed by atoms with E-state index in [4.69, 9.17) is 27.7 Å². The Morgan fingerprint density at radius 1 is 1.31 bits per heavy atom. The van der Waals surface area contributed by atoms with Crippen LogP contribution in [0.2, 0.25) is 10.0 Å². The SMILES string of the molecule is Cc1cc(N=Cc2ccc(Cl)cc2Cl)no1. The fourth-order valence-electron chi connectivity index (χ4n) is 1.16. The molecular weight excluding hydrogens is 247 g/mol. The van der Waals surface area contributed by atoms with Crippen molar-refractivity contribution in [1.82, 2.24) is 5.16 Å². The van der Waals surface area contributed by atoms with Gasteiger partial charge < -0.3 is 4.52 Å². The number of rotatable bonds is 2. The van der Waals surface area contributed by atoms with Gasteiger partial charge in [-0.2, -0.15) is 0 Å². The van der Waals surface area contributed by atoms with Crippen LogP contribution in [0, 0.1) is 6.92 Å². The van der Waals surface area contributed by atoms with Gasteiger partial charge in [-0.3, -0.25) is 0 Å². The van der Waals surface area contributed by atoms with E-state index in [1.165, 1.54) is 0 Å². The fraction of sp³-hybridized carbons (Fsp3) is 0.0909. The van der Waals surface area contributed by atoms with Crippen LogP contribution in [-0.4, -0.2) is 11.4 Å². The minimum atomic E-state index is 0.517. The van der Waals surface area contributed by atoms with Crippen molar-refractivity contribution in [3.8, 4) is 0 Å². The van der Waals surface area contributed by atoms with E-state index in [-0.39, 0.29) is 0 Å². The molecule has 5 heteroatoms. The zero-order valence-electron chi connectivity index (χ0n) is 8.45. The Bertz CT molecular complexity index is 535. The first-order chi connectivity index (χ1) is 7.65. The van der Waals surface area contributed by atoms with E-state index in [1.54, 1.807) is 37.4 Å². The maximum absolute atomic E-state index is 5.98. The van der Waals surface area contributed by atoms with E-state index in [0.29, 0.717) is 21.6 Å². The van der Waals surface area contributed by atoms with E-state index in [0.717, 1.165) is 5.56 Å². The highest BCUT2D eigenvalue weighted by Crippen LogP contribution is 2.20. The Morgan fingerprint density at radius 2 is 2.12 bits per heavy atom.